The zero-order chi connectivity index (χ0) is 15.2. The number of rotatable bonds is 4. The van der Waals surface area contributed by atoms with Crippen LogP contribution < -0.4 is 5.32 Å². The highest BCUT2D eigenvalue weighted by atomic mass is 16.5. The van der Waals surface area contributed by atoms with Crippen molar-refractivity contribution in [1.29, 1.82) is 0 Å². The fourth-order valence-electron chi connectivity index (χ4n) is 2.41. The molecular formula is C16H22N2O3. The number of nitrogens with zero attached hydrogens (tertiary/aromatic N) is 1. The van der Waals surface area contributed by atoms with Gasteiger partial charge in [0.1, 0.15) is 0 Å². The van der Waals surface area contributed by atoms with Crippen molar-refractivity contribution in [1.82, 2.24) is 10.2 Å². The second-order valence-electron chi connectivity index (χ2n) is 5.36. The van der Waals surface area contributed by atoms with E-state index < -0.39 is 0 Å². The maximum atomic E-state index is 12.3. The Morgan fingerprint density at radius 2 is 1.86 bits per heavy atom. The molecule has 1 aromatic carbocycles. The quantitative estimate of drug-likeness (QED) is 0.912. The van der Waals surface area contributed by atoms with Gasteiger partial charge in [-0.05, 0) is 12.5 Å². The predicted octanol–water partition coefficient (Wildman–Crippen LogP) is 1.42. The molecule has 21 heavy (non-hydrogen) atoms. The van der Waals surface area contributed by atoms with Gasteiger partial charge in [-0.3, -0.25) is 9.59 Å². The highest BCUT2D eigenvalue weighted by molar-refractivity contribution is 5.79. The van der Waals surface area contributed by atoms with E-state index in [1.165, 1.54) is 6.92 Å². The second kappa shape index (κ2) is 7.22. The summed E-state index contributed by atoms with van der Waals surface area (Å²) in [6.45, 7) is 5.90. The molecule has 1 aliphatic rings. The molecule has 2 amide bonds. The second-order valence-corrected chi connectivity index (χ2v) is 5.36. The number of carbonyl (C=O) groups excluding carboxylic acids is 2. The van der Waals surface area contributed by atoms with E-state index in [0.717, 1.165) is 11.1 Å². The van der Waals surface area contributed by atoms with Crippen molar-refractivity contribution in [3.63, 3.8) is 0 Å². The van der Waals surface area contributed by atoms with Crippen LogP contribution in [0.2, 0.25) is 0 Å². The van der Waals surface area contributed by atoms with Gasteiger partial charge in [-0.1, -0.05) is 29.8 Å². The molecule has 5 nitrogen and oxygen atoms in total. The van der Waals surface area contributed by atoms with Crippen LogP contribution in [0.25, 0.3) is 0 Å². The molecule has 2 rings (SSSR count). The highest BCUT2D eigenvalue weighted by Gasteiger charge is 2.22. The highest BCUT2D eigenvalue weighted by Crippen LogP contribution is 2.19. The van der Waals surface area contributed by atoms with Crippen molar-refractivity contribution < 1.29 is 14.3 Å². The zero-order valence-electron chi connectivity index (χ0n) is 12.6. The fraction of sp³-hybridized carbons (Fsp3) is 0.500. The summed E-state index contributed by atoms with van der Waals surface area (Å²) in [6.07, 6.45) is 0.280. The summed E-state index contributed by atoms with van der Waals surface area (Å²) >= 11 is 0. The van der Waals surface area contributed by atoms with Gasteiger partial charge in [0.15, 0.2) is 0 Å². The summed E-state index contributed by atoms with van der Waals surface area (Å²) in [7, 11) is 0. The average Bonchev–Trinajstić information content (AvgIpc) is 2.48. The van der Waals surface area contributed by atoms with Crippen LogP contribution in [0.15, 0.2) is 24.3 Å². The SMILES string of the molecule is CC(=O)N[C@H](CC(=O)N1CCOCC1)c1ccc(C)cc1. The Morgan fingerprint density at radius 1 is 1.24 bits per heavy atom. The Kier molecular flexibility index (Phi) is 5.33. The maximum Gasteiger partial charge on any atom is 0.225 e. The van der Waals surface area contributed by atoms with Crippen LogP contribution in [-0.4, -0.2) is 43.0 Å². The van der Waals surface area contributed by atoms with Crippen LogP contribution in [0.1, 0.15) is 30.5 Å². The van der Waals surface area contributed by atoms with Crippen molar-refractivity contribution in [3.8, 4) is 0 Å². The van der Waals surface area contributed by atoms with Crippen molar-refractivity contribution in [2.75, 3.05) is 26.3 Å². The number of aryl methyl sites for hydroxylation is 1. The lowest BCUT2D eigenvalue weighted by Gasteiger charge is -2.29. The summed E-state index contributed by atoms with van der Waals surface area (Å²) in [4.78, 5) is 25.5. The van der Waals surface area contributed by atoms with Crippen molar-refractivity contribution in [2.45, 2.75) is 26.3 Å². The number of nitrogens with one attached hydrogen (secondary N) is 1. The van der Waals surface area contributed by atoms with Crippen LogP contribution in [0, 0.1) is 6.92 Å². The molecule has 1 aliphatic heterocycles. The van der Waals surface area contributed by atoms with E-state index in [2.05, 4.69) is 5.32 Å². The molecule has 1 saturated heterocycles. The number of carbonyl (C=O) groups is 2. The number of amides is 2. The minimum absolute atomic E-state index is 0.0534. The third-order valence-corrected chi connectivity index (χ3v) is 3.60. The molecular weight excluding hydrogens is 268 g/mol. The molecule has 0 aromatic heterocycles. The van der Waals surface area contributed by atoms with Crippen molar-refractivity contribution in [3.05, 3.63) is 35.4 Å². The standard InChI is InChI=1S/C16H22N2O3/c1-12-3-5-14(6-4-12)15(17-13(2)19)11-16(20)18-7-9-21-10-8-18/h3-6,15H,7-11H2,1-2H3,(H,17,19)/t15-/m1/s1. The van der Waals surface area contributed by atoms with E-state index >= 15 is 0 Å². The molecule has 0 unspecified atom stereocenters. The predicted molar refractivity (Wildman–Crippen MR) is 79.8 cm³/mol. The van der Waals surface area contributed by atoms with Crippen LogP contribution in [0.5, 0.6) is 0 Å². The fourth-order valence-corrected chi connectivity index (χ4v) is 2.41. The smallest absolute Gasteiger partial charge is 0.225 e. The van der Waals surface area contributed by atoms with Gasteiger partial charge in [0, 0.05) is 20.0 Å². The number of morpholine rings is 1. The Labute approximate surface area is 125 Å². The third-order valence-electron chi connectivity index (χ3n) is 3.60. The summed E-state index contributed by atoms with van der Waals surface area (Å²) in [5, 5.41) is 2.87. The van der Waals surface area contributed by atoms with E-state index in [4.69, 9.17) is 4.74 Å². The Balaban J connectivity index is 2.06. The van der Waals surface area contributed by atoms with Crippen LogP contribution in [0.4, 0.5) is 0 Å². The molecule has 1 aromatic rings. The minimum Gasteiger partial charge on any atom is -0.378 e. The number of ether oxygens (including phenoxy) is 1. The van der Waals surface area contributed by atoms with E-state index in [1.807, 2.05) is 31.2 Å². The molecule has 5 heteroatoms. The van der Waals surface area contributed by atoms with E-state index in [-0.39, 0.29) is 24.3 Å². The molecule has 0 saturated carbocycles. The lowest BCUT2D eigenvalue weighted by Crippen LogP contribution is -2.42. The Bertz CT molecular complexity index is 493. The lowest BCUT2D eigenvalue weighted by molar-refractivity contribution is -0.136. The summed E-state index contributed by atoms with van der Waals surface area (Å²) in [6, 6.07) is 7.62. The summed E-state index contributed by atoms with van der Waals surface area (Å²) < 4.78 is 5.25. The van der Waals surface area contributed by atoms with E-state index in [9.17, 15) is 9.59 Å². The molecule has 1 N–H and O–H groups in total. The van der Waals surface area contributed by atoms with Crippen LogP contribution in [-0.2, 0) is 14.3 Å². The molecule has 114 valence electrons. The summed E-state index contributed by atoms with van der Waals surface area (Å²) in [5.74, 6) is -0.0759. The molecule has 0 radical (unpaired) electrons. The van der Waals surface area contributed by atoms with Gasteiger partial charge < -0.3 is 15.0 Å². The minimum atomic E-state index is -0.279. The van der Waals surface area contributed by atoms with Crippen molar-refractivity contribution >= 4 is 11.8 Å². The van der Waals surface area contributed by atoms with Gasteiger partial charge in [0.25, 0.3) is 0 Å². The molecule has 1 atom stereocenters. The molecule has 1 fully saturated rings. The molecule has 0 spiro atoms. The normalized spacial score (nSPS) is 16.4. The van der Waals surface area contributed by atoms with Gasteiger partial charge in [0.2, 0.25) is 11.8 Å². The first-order valence-corrected chi connectivity index (χ1v) is 7.25. The van der Waals surface area contributed by atoms with Gasteiger partial charge in [-0.25, -0.2) is 0 Å². The largest absolute Gasteiger partial charge is 0.378 e. The topological polar surface area (TPSA) is 58.6 Å². The van der Waals surface area contributed by atoms with Gasteiger partial charge in [-0.2, -0.15) is 0 Å². The Hall–Kier alpha value is -1.88. The van der Waals surface area contributed by atoms with E-state index in [0.29, 0.717) is 26.3 Å². The number of benzene rings is 1. The lowest BCUT2D eigenvalue weighted by atomic mass is 10.0. The van der Waals surface area contributed by atoms with Crippen LogP contribution in [0.3, 0.4) is 0 Å². The van der Waals surface area contributed by atoms with Crippen molar-refractivity contribution in [2.24, 2.45) is 0 Å². The zero-order valence-corrected chi connectivity index (χ0v) is 12.6. The first-order valence-electron chi connectivity index (χ1n) is 7.25. The van der Waals surface area contributed by atoms with Gasteiger partial charge >= 0.3 is 0 Å². The molecule has 0 bridgehead atoms. The Morgan fingerprint density at radius 3 is 2.43 bits per heavy atom. The average molecular weight is 290 g/mol. The molecule has 1 heterocycles. The first-order chi connectivity index (χ1) is 10.1. The third kappa shape index (κ3) is 4.56. The monoisotopic (exact) mass is 290 g/mol. The number of hydrogen-bond donors (Lipinski definition) is 1. The van der Waals surface area contributed by atoms with Gasteiger partial charge in [-0.15, -0.1) is 0 Å². The molecule has 0 aliphatic carbocycles. The van der Waals surface area contributed by atoms with Crippen LogP contribution >= 0.6 is 0 Å². The van der Waals surface area contributed by atoms with E-state index in [1.54, 1.807) is 4.90 Å². The number of hydrogen-bond acceptors (Lipinski definition) is 3. The van der Waals surface area contributed by atoms with Gasteiger partial charge in [0.05, 0.1) is 25.7 Å². The maximum absolute atomic E-state index is 12.3. The summed E-state index contributed by atoms with van der Waals surface area (Å²) in [5.41, 5.74) is 2.11. The first kappa shape index (κ1) is 15.5.